The van der Waals surface area contributed by atoms with E-state index in [0.717, 1.165) is 10.8 Å². The van der Waals surface area contributed by atoms with Crippen LogP contribution in [-0.2, 0) is 65.5 Å². The van der Waals surface area contributed by atoms with Gasteiger partial charge in [-0.2, -0.15) is 0 Å². The van der Waals surface area contributed by atoms with Crippen LogP contribution >= 0.6 is 0 Å². The van der Waals surface area contributed by atoms with Crippen molar-refractivity contribution < 1.29 is 118 Å². The highest BCUT2D eigenvalue weighted by atomic mass is 16.7. The van der Waals surface area contributed by atoms with E-state index in [4.69, 9.17) is 44.6 Å². The number of nitrogens with zero attached hydrogens (tertiary/aromatic N) is 3. The van der Waals surface area contributed by atoms with Gasteiger partial charge in [0.25, 0.3) is 0 Å². The molecule has 102 heavy (non-hydrogen) atoms. The number of fused-ring (bicyclic) bond motifs is 1. The Bertz CT molecular complexity index is 3620. The van der Waals surface area contributed by atoms with Crippen LogP contribution in [-0.4, -0.2) is 296 Å². The van der Waals surface area contributed by atoms with Gasteiger partial charge in [-0.3, -0.25) is 38.8 Å². The number of carbonyl (C=O) groups is 6. The van der Waals surface area contributed by atoms with Crippen LogP contribution in [0.25, 0.3) is 10.8 Å². The molecule has 36 nitrogen and oxygen atoms in total. The van der Waals surface area contributed by atoms with Crippen LogP contribution in [0.2, 0.25) is 0 Å². The van der Waals surface area contributed by atoms with Crippen molar-refractivity contribution in [2.75, 3.05) is 53.2 Å². The smallest absolute Gasteiger partial charge is 0.245 e. The molecule has 10 rings (SSSR count). The zero-order chi connectivity index (χ0) is 73.2. The molecule has 0 bridgehead atoms. The lowest BCUT2D eigenvalue weighted by molar-refractivity contribution is -0.355. The van der Waals surface area contributed by atoms with Crippen LogP contribution in [0, 0.1) is 0 Å². The first-order valence-electron chi connectivity index (χ1n) is 33.1. The second-order valence-corrected chi connectivity index (χ2v) is 25.7. The summed E-state index contributed by atoms with van der Waals surface area (Å²) in [5.74, 6) is -6.53. The molecule has 0 aromatic heterocycles. The summed E-state index contributed by atoms with van der Waals surface area (Å²) in [5.41, 5.74) is 13.8. The lowest BCUT2D eigenvalue weighted by atomic mass is 9.92. The van der Waals surface area contributed by atoms with Gasteiger partial charge >= 0.3 is 0 Å². The Kier molecular flexibility index (Phi) is 25.5. The lowest BCUT2D eigenvalue weighted by Gasteiger charge is -2.46. The van der Waals surface area contributed by atoms with Crippen molar-refractivity contribution in [3.05, 3.63) is 108 Å². The molecule has 0 aliphatic carbocycles. The van der Waals surface area contributed by atoms with Gasteiger partial charge in [-0.15, -0.1) is 0 Å². The van der Waals surface area contributed by atoms with E-state index in [1.807, 2.05) is 24.3 Å². The highest BCUT2D eigenvalue weighted by molar-refractivity contribution is 5.98. The van der Waals surface area contributed by atoms with E-state index in [9.17, 15) is 75.3 Å². The third-order valence-corrected chi connectivity index (χ3v) is 18.8. The SMILES string of the molecule is COc1ccc2cc(CO[C@@H]3[C@H](O)[C@@H](O[C@H]4[C@H](O)[C@H](O)[C@@H](Oc5ccc(C[C@H]6NC(=O)[C@H](C(C)c7ccccc7)NC(=O)CNC(=O)[C@H](CO)NC(=O)[C@@H](CC7CN=C(N)N7[C@H]7O[C@H](CO)[C@@H](O)[C@H](O)[C@@H]7O)NC(=O)[C@H](CC7CN=C(N)N7)NC6=O)cc5)O[C@@H]4CO)O[C@H](CO)[C@H]3O)ccc2c1. The van der Waals surface area contributed by atoms with Crippen molar-refractivity contribution >= 4 is 58.1 Å². The quantitative estimate of drug-likeness (QED) is 0.0368. The number of aliphatic hydroxyl groups excluding tert-OH is 11. The summed E-state index contributed by atoms with van der Waals surface area (Å²) >= 11 is 0. The van der Waals surface area contributed by atoms with Crippen molar-refractivity contribution in [3.63, 3.8) is 0 Å². The molecule has 3 unspecified atom stereocenters. The van der Waals surface area contributed by atoms with Crippen LogP contribution in [0.3, 0.4) is 0 Å². The van der Waals surface area contributed by atoms with Crippen molar-refractivity contribution in [2.24, 2.45) is 21.5 Å². The first kappa shape index (κ1) is 76.1. The van der Waals surface area contributed by atoms with Gasteiger partial charge in [0.15, 0.2) is 24.4 Å². The third-order valence-electron chi connectivity index (χ3n) is 18.8. The number of nitrogens with one attached hydrogen (secondary N) is 7. The minimum absolute atomic E-state index is 0.00103. The predicted octanol–water partition coefficient (Wildman–Crippen LogP) is -8.17. The molecule has 0 radical (unpaired) electrons. The molecular formula is C66H88N12O24. The lowest BCUT2D eigenvalue weighted by Crippen LogP contribution is -2.66. The highest BCUT2D eigenvalue weighted by Crippen LogP contribution is 2.34. The fourth-order valence-electron chi connectivity index (χ4n) is 13.0. The summed E-state index contributed by atoms with van der Waals surface area (Å²) in [6, 6.07) is 15.0. The van der Waals surface area contributed by atoms with Gasteiger partial charge in [-0.05, 0) is 70.6 Å². The fourth-order valence-corrected chi connectivity index (χ4v) is 13.0. The second kappa shape index (κ2) is 34.2. The summed E-state index contributed by atoms with van der Waals surface area (Å²) in [6.07, 6.45) is -26.2. The number of aliphatic hydroxyl groups is 11. The standard InChI is InChI=1S/C66H88N12O24/c1-29(32-6-4-3-5-7-32)47-61(95)75-39(17-30-9-13-37(14-10-30)98-63-53(89)51(87)55(45(27-82)101-63)102-64-54(90)56(49(85)44(26-81)100-64)97-28-31-8-11-34-18-38(96-2)15-12-33(34)16-31)58(92)73-40(19-35-21-70-65(67)72-35)59(93)74-41(60(94)76-42(24-79)57(91)69-23-46(83)77-47)20-36-22-71-66(68)78(36)62-52(88)50(86)48(84)43(25-80)99-62/h3-16,18,29,35-36,39-45,47-56,62-64,79-82,84-90H,17,19-28H2,1-2H3,(H2,68,71)(H,69,91)(H,73,92)(H,74,93)(H,75,95)(H,76,94)(H,77,83)(H3,67,70,72)/t29?,35?,36?,39-,40+,41-,42+,43-,44-,45-,47+,48-,49-,50+,51-,52+,53+,54+,55-,56+,62+,63+,64-/m1/s1. The zero-order valence-corrected chi connectivity index (χ0v) is 55.4. The summed E-state index contributed by atoms with van der Waals surface area (Å²) < 4.78 is 40.8. The summed E-state index contributed by atoms with van der Waals surface area (Å²) in [7, 11) is 1.55. The van der Waals surface area contributed by atoms with E-state index in [1.165, 1.54) is 29.2 Å². The molecule has 0 spiro atoms. The van der Waals surface area contributed by atoms with Crippen LogP contribution in [0.15, 0.2) is 101 Å². The Morgan fingerprint density at radius 2 is 1.18 bits per heavy atom. The van der Waals surface area contributed by atoms with E-state index in [0.29, 0.717) is 22.4 Å². The number of carbonyl (C=O) groups excluding carboxylic acids is 6. The number of rotatable bonds is 21. The van der Waals surface area contributed by atoms with Gasteiger partial charge in [-0.25, -0.2) is 0 Å². The van der Waals surface area contributed by atoms with Gasteiger partial charge in [-0.1, -0.05) is 67.6 Å². The first-order valence-corrected chi connectivity index (χ1v) is 33.1. The maximum atomic E-state index is 15.2. The summed E-state index contributed by atoms with van der Waals surface area (Å²) in [4.78, 5) is 97.0. The van der Waals surface area contributed by atoms with Crippen molar-refractivity contribution in [2.45, 2.75) is 173 Å². The molecule has 4 fully saturated rings. The Balaban J connectivity index is 0.884. The molecule has 0 saturated carbocycles. The fraction of sp³-hybridized carbons (Fsp3) is 0.545. The van der Waals surface area contributed by atoms with Crippen molar-refractivity contribution in [3.8, 4) is 11.5 Å². The van der Waals surface area contributed by atoms with Crippen LogP contribution in [0.4, 0.5) is 0 Å². The molecule has 4 aromatic rings. The first-order chi connectivity index (χ1) is 48.9. The maximum Gasteiger partial charge on any atom is 0.245 e. The van der Waals surface area contributed by atoms with Gasteiger partial charge < -0.3 is 143 Å². The van der Waals surface area contributed by atoms with Crippen LogP contribution in [0.1, 0.15) is 42.4 Å². The number of methoxy groups -OCH3 is 1. The number of hydrogen-bond acceptors (Lipinski definition) is 30. The van der Waals surface area contributed by atoms with E-state index < -0.39 is 215 Å². The summed E-state index contributed by atoms with van der Waals surface area (Å²) in [5, 5.41) is 140. The zero-order valence-electron chi connectivity index (χ0n) is 55.4. The average Bonchev–Trinajstić information content (AvgIpc) is 1.09. The minimum Gasteiger partial charge on any atom is -0.497 e. The van der Waals surface area contributed by atoms with Crippen molar-refractivity contribution in [1.82, 2.24) is 42.1 Å². The Morgan fingerprint density at radius 1 is 0.559 bits per heavy atom. The Labute approximate surface area is 583 Å². The largest absolute Gasteiger partial charge is 0.497 e. The third kappa shape index (κ3) is 17.7. The normalized spacial score (nSPS) is 34.1. The number of benzene rings is 4. The maximum absolute atomic E-state index is 15.2. The predicted molar refractivity (Wildman–Crippen MR) is 353 cm³/mol. The number of guanidine groups is 2. The molecule has 6 aliphatic heterocycles. The van der Waals surface area contributed by atoms with E-state index >= 15 is 9.59 Å². The molecule has 6 aliphatic rings. The number of nitrogens with two attached hydrogens (primary N) is 2. The van der Waals surface area contributed by atoms with Crippen LogP contribution < -0.4 is 58.2 Å². The van der Waals surface area contributed by atoms with Crippen LogP contribution in [0.5, 0.6) is 11.5 Å². The number of ether oxygens (including phenoxy) is 7. The minimum atomic E-state index is -1.93. The Hall–Kier alpha value is -8.54. The number of aliphatic imine (C=N–C) groups is 2. The number of amides is 6. The average molecular weight is 1430 g/mol. The van der Waals surface area contributed by atoms with Gasteiger partial charge in [0.1, 0.15) is 115 Å². The number of hydrogen-bond donors (Lipinski definition) is 20. The molecule has 36 heteroatoms. The molecule has 23 atom stereocenters. The molecule has 6 heterocycles. The van der Waals surface area contributed by atoms with Crippen molar-refractivity contribution in [1.29, 1.82) is 0 Å². The topological polar surface area (TPSA) is 554 Å². The van der Waals surface area contributed by atoms with Gasteiger partial charge in [0.05, 0.1) is 71.9 Å². The van der Waals surface area contributed by atoms with Gasteiger partial charge in [0, 0.05) is 12.3 Å². The molecule has 6 amide bonds. The molecule has 4 aromatic carbocycles. The van der Waals surface area contributed by atoms with Gasteiger partial charge in [0.2, 0.25) is 41.7 Å². The van der Waals surface area contributed by atoms with E-state index in [-0.39, 0.29) is 50.2 Å². The van der Waals surface area contributed by atoms with E-state index in [2.05, 4.69) is 47.2 Å². The molecule has 556 valence electrons. The molecular weight excluding hydrogens is 1340 g/mol. The second-order valence-electron chi connectivity index (χ2n) is 25.7. The monoisotopic (exact) mass is 1430 g/mol. The van der Waals surface area contributed by atoms with E-state index in [1.54, 1.807) is 56.5 Å². The highest BCUT2D eigenvalue weighted by Gasteiger charge is 2.53. The Morgan fingerprint density at radius 3 is 1.84 bits per heavy atom. The molecule has 4 saturated heterocycles. The summed E-state index contributed by atoms with van der Waals surface area (Å²) in [6.45, 7) is -3.01. The molecule has 22 N–H and O–H groups in total.